The number of nitrogens with one attached hydrogen (secondary N) is 1. The second-order valence-corrected chi connectivity index (χ2v) is 7.09. The number of nitrogens with zero attached hydrogens (tertiary/aromatic N) is 6. The van der Waals surface area contributed by atoms with E-state index in [1.165, 1.54) is 0 Å². The van der Waals surface area contributed by atoms with Crippen molar-refractivity contribution in [2.45, 2.75) is 32.7 Å². The summed E-state index contributed by atoms with van der Waals surface area (Å²) in [5.41, 5.74) is 0.856. The molecule has 1 saturated heterocycles. The highest BCUT2D eigenvalue weighted by atomic mass is 127. The lowest BCUT2D eigenvalue weighted by Crippen LogP contribution is -2.55. The van der Waals surface area contributed by atoms with Gasteiger partial charge >= 0.3 is 0 Å². The maximum atomic E-state index is 12.5. The third kappa shape index (κ3) is 6.95. The van der Waals surface area contributed by atoms with Crippen molar-refractivity contribution in [1.29, 1.82) is 0 Å². The van der Waals surface area contributed by atoms with Gasteiger partial charge in [-0.15, -0.1) is 24.0 Å². The maximum Gasteiger partial charge on any atom is 0.246 e. The van der Waals surface area contributed by atoms with Crippen molar-refractivity contribution < 1.29 is 4.79 Å². The molecule has 0 radical (unpaired) electrons. The zero-order valence-electron chi connectivity index (χ0n) is 17.2. The van der Waals surface area contributed by atoms with Crippen molar-refractivity contribution in [2.24, 2.45) is 12.0 Å². The molecular weight excluding hydrogens is 457 g/mol. The first-order valence-corrected chi connectivity index (χ1v) is 9.37. The Morgan fingerprint density at radius 2 is 2.11 bits per heavy atom. The Morgan fingerprint density at radius 1 is 1.37 bits per heavy atom. The fourth-order valence-electron chi connectivity index (χ4n) is 2.95. The predicted molar refractivity (Wildman–Crippen MR) is 121 cm³/mol. The highest BCUT2D eigenvalue weighted by Crippen LogP contribution is 2.16. The number of aromatic nitrogens is 2. The minimum absolute atomic E-state index is 0. The molecule has 8 nitrogen and oxygen atoms in total. The van der Waals surface area contributed by atoms with Gasteiger partial charge in [-0.05, 0) is 40.3 Å². The number of rotatable bonds is 7. The molecule has 27 heavy (non-hydrogen) atoms. The molecule has 0 atom stereocenters. The van der Waals surface area contributed by atoms with Crippen molar-refractivity contribution >= 4 is 41.5 Å². The number of carbonyl (C=O) groups is 1. The molecule has 1 aliphatic rings. The second kappa shape index (κ2) is 11.5. The summed E-state index contributed by atoms with van der Waals surface area (Å²) in [7, 11) is 5.78. The third-order valence-corrected chi connectivity index (χ3v) is 4.84. The molecule has 0 saturated carbocycles. The molecule has 0 aromatic carbocycles. The van der Waals surface area contributed by atoms with Crippen molar-refractivity contribution in [3.63, 3.8) is 0 Å². The number of piperazine rings is 1. The quantitative estimate of drug-likeness (QED) is 0.270. The summed E-state index contributed by atoms with van der Waals surface area (Å²) in [6.45, 7) is 8.13. The molecule has 2 heterocycles. The number of aryl methyl sites for hydroxylation is 1. The minimum Gasteiger partial charge on any atom is -0.356 e. The van der Waals surface area contributed by atoms with E-state index in [1.807, 2.05) is 18.1 Å². The molecule has 0 unspecified atom stereocenters. The largest absolute Gasteiger partial charge is 0.356 e. The van der Waals surface area contributed by atoms with Gasteiger partial charge in [-0.25, -0.2) is 0 Å². The van der Waals surface area contributed by atoms with Crippen LogP contribution < -0.4 is 10.2 Å². The van der Waals surface area contributed by atoms with Gasteiger partial charge < -0.3 is 20.0 Å². The van der Waals surface area contributed by atoms with Crippen molar-refractivity contribution in [3.05, 3.63) is 12.4 Å². The number of hydrogen-bond donors (Lipinski definition) is 1. The number of anilines is 1. The summed E-state index contributed by atoms with van der Waals surface area (Å²) in [4.78, 5) is 23.0. The predicted octanol–water partition coefficient (Wildman–Crippen LogP) is 1.38. The summed E-state index contributed by atoms with van der Waals surface area (Å²) in [6.07, 6.45) is 5.83. The molecule has 1 aromatic heterocycles. The first kappa shape index (κ1) is 23.7. The van der Waals surface area contributed by atoms with E-state index in [4.69, 9.17) is 0 Å². The van der Waals surface area contributed by atoms with Crippen molar-refractivity contribution in [2.75, 3.05) is 51.7 Å². The highest BCUT2D eigenvalue weighted by Gasteiger charge is 2.27. The lowest BCUT2D eigenvalue weighted by molar-refractivity contribution is -0.120. The molecule has 0 aliphatic carbocycles. The lowest BCUT2D eigenvalue weighted by atomic mass is 10.2. The summed E-state index contributed by atoms with van der Waals surface area (Å²) >= 11 is 0. The van der Waals surface area contributed by atoms with E-state index in [1.54, 1.807) is 22.8 Å². The van der Waals surface area contributed by atoms with Crippen LogP contribution >= 0.6 is 24.0 Å². The van der Waals surface area contributed by atoms with Crippen molar-refractivity contribution in [1.82, 2.24) is 24.9 Å². The van der Waals surface area contributed by atoms with Gasteiger partial charge in [0.2, 0.25) is 5.91 Å². The van der Waals surface area contributed by atoms with Crippen LogP contribution in [0, 0.1) is 0 Å². The zero-order chi connectivity index (χ0) is 19.1. The molecule has 1 N–H and O–H groups in total. The van der Waals surface area contributed by atoms with E-state index in [9.17, 15) is 4.79 Å². The number of carbonyl (C=O) groups excluding carboxylic acids is 1. The Balaban J connectivity index is 0.00000364. The van der Waals surface area contributed by atoms with Crippen LogP contribution in [0.5, 0.6) is 0 Å². The monoisotopic (exact) mass is 491 g/mol. The summed E-state index contributed by atoms with van der Waals surface area (Å²) in [6, 6.07) is 0.581. The second-order valence-electron chi connectivity index (χ2n) is 7.09. The van der Waals surface area contributed by atoms with Gasteiger partial charge in [-0.1, -0.05) is 0 Å². The van der Waals surface area contributed by atoms with Crippen LogP contribution in [0.15, 0.2) is 17.4 Å². The van der Waals surface area contributed by atoms with Crippen LogP contribution in [-0.2, 0) is 11.8 Å². The SMILES string of the molecule is CN=C(NCCCCN(C)C(C)C)N1CCN(c2cnn(C)c2)C(=O)C1.I. The molecule has 0 bridgehead atoms. The van der Waals surface area contributed by atoms with E-state index in [0.717, 1.165) is 44.1 Å². The standard InChI is InChI=1S/C18H33N7O.HI/c1-15(2)22(4)9-7-6-8-20-18(19-3)24-10-11-25(17(26)14-24)16-12-21-23(5)13-16;/h12-13,15H,6-11,14H2,1-5H3,(H,19,20);1H. The third-order valence-electron chi connectivity index (χ3n) is 4.84. The lowest BCUT2D eigenvalue weighted by Gasteiger charge is -2.35. The number of amides is 1. The topological polar surface area (TPSA) is 69.0 Å². The number of aliphatic imine (C=N–C) groups is 1. The fourth-order valence-corrected chi connectivity index (χ4v) is 2.95. The molecule has 0 spiro atoms. The Labute approximate surface area is 180 Å². The molecule has 1 aromatic rings. The van der Waals surface area contributed by atoms with E-state index in [0.29, 0.717) is 19.1 Å². The highest BCUT2D eigenvalue weighted by molar-refractivity contribution is 14.0. The van der Waals surface area contributed by atoms with Crippen LogP contribution in [0.1, 0.15) is 26.7 Å². The normalized spacial score (nSPS) is 15.5. The van der Waals surface area contributed by atoms with Crippen LogP contribution in [0.25, 0.3) is 0 Å². The van der Waals surface area contributed by atoms with E-state index >= 15 is 0 Å². The van der Waals surface area contributed by atoms with Crippen molar-refractivity contribution in [3.8, 4) is 0 Å². The summed E-state index contributed by atoms with van der Waals surface area (Å²) in [5.74, 6) is 0.882. The average Bonchev–Trinajstić information content (AvgIpc) is 3.03. The van der Waals surface area contributed by atoms with Gasteiger partial charge in [0.25, 0.3) is 0 Å². The Hall–Kier alpha value is -1.36. The van der Waals surface area contributed by atoms with Gasteiger partial charge in [0, 0.05) is 46.0 Å². The molecule has 154 valence electrons. The molecule has 9 heteroatoms. The molecule has 1 aliphatic heterocycles. The number of guanidine groups is 1. The Morgan fingerprint density at radius 3 is 2.67 bits per heavy atom. The van der Waals surface area contributed by atoms with E-state index in [-0.39, 0.29) is 29.9 Å². The van der Waals surface area contributed by atoms with Gasteiger partial charge in [0.1, 0.15) is 6.54 Å². The molecule has 1 fully saturated rings. The Kier molecular flexibility index (Phi) is 10.1. The van der Waals surface area contributed by atoms with Gasteiger partial charge in [-0.2, -0.15) is 5.10 Å². The van der Waals surface area contributed by atoms with Gasteiger partial charge in [-0.3, -0.25) is 14.5 Å². The van der Waals surface area contributed by atoms with E-state index in [2.05, 4.69) is 41.2 Å². The first-order valence-electron chi connectivity index (χ1n) is 9.37. The summed E-state index contributed by atoms with van der Waals surface area (Å²) in [5, 5.41) is 7.54. The molecular formula is C18H34IN7O. The van der Waals surface area contributed by atoms with Crippen LogP contribution in [-0.4, -0.2) is 84.3 Å². The number of hydrogen-bond acceptors (Lipinski definition) is 4. The number of unbranched alkanes of at least 4 members (excludes halogenated alkanes) is 1. The van der Waals surface area contributed by atoms with E-state index < -0.39 is 0 Å². The molecule has 1 amide bonds. The maximum absolute atomic E-state index is 12.5. The zero-order valence-corrected chi connectivity index (χ0v) is 19.5. The van der Waals surface area contributed by atoms with Crippen LogP contribution in [0.2, 0.25) is 0 Å². The smallest absolute Gasteiger partial charge is 0.246 e. The van der Waals surface area contributed by atoms with Gasteiger partial charge in [0.15, 0.2) is 5.96 Å². The summed E-state index contributed by atoms with van der Waals surface area (Å²) < 4.78 is 1.71. The van der Waals surface area contributed by atoms with Crippen LogP contribution in [0.3, 0.4) is 0 Å². The Bertz CT molecular complexity index is 617. The molecule has 2 rings (SSSR count). The minimum atomic E-state index is 0. The van der Waals surface area contributed by atoms with Gasteiger partial charge in [0.05, 0.1) is 11.9 Å². The number of halogens is 1. The average molecular weight is 491 g/mol. The van der Waals surface area contributed by atoms with Crippen LogP contribution in [0.4, 0.5) is 5.69 Å². The fraction of sp³-hybridized carbons (Fsp3) is 0.722. The first-order chi connectivity index (χ1) is 12.4.